The third-order valence-electron chi connectivity index (χ3n) is 5.98. The molecule has 0 bridgehead atoms. The Bertz CT molecular complexity index is 623. The van der Waals surface area contributed by atoms with Gasteiger partial charge in [0.2, 0.25) is 5.82 Å². The summed E-state index contributed by atoms with van der Waals surface area (Å²) in [4.78, 5) is 0. The first-order chi connectivity index (χ1) is 12.2. The van der Waals surface area contributed by atoms with Crippen LogP contribution in [0.3, 0.4) is 0 Å². The molecule has 0 radical (unpaired) electrons. The minimum Gasteiger partial charge on any atom is -0.490 e. The Kier molecular flexibility index (Phi) is 6.14. The molecule has 1 aromatic rings. The van der Waals surface area contributed by atoms with Crippen LogP contribution in [0, 0.1) is 29.4 Å². The van der Waals surface area contributed by atoms with E-state index in [-0.39, 0.29) is 5.75 Å². The molecular weight excluding hydrogens is 318 g/mol. The summed E-state index contributed by atoms with van der Waals surface area (Å²) in [6.07, 6.45) is 11.4. The maximum atomic E-state index is 14.6. The molecule has 138 valence electrons. The van der Waals surface area contributed by atoms with Gasteiger partial charge in [-0.2, -0.15) is 4.39 Å². The third kappa shape index (κ3) is 3.75. The van der Waals surface area contributed by atoms with Gasteiger partial charge in [0.25, 0.3) is 0 Å². The normalized spacial score (nSPS) is 25.1. The number of allylic oxidation sites excluding steroid dienone is 2. The lowest BCUT2D eigenvalue weighted by Crippen LogP contribution is -2.12. The number of ether oxygens (including phenoxy) is 1. The number of rotatable bonds is 8. The van der Waals surface area contributed by atoms with Crippen LogP contribution in [0.5, 0.6) is 5.75 Å². The first kappa shape index (κ1) is 18.4. The Morgan fingerprint density at radius 3 is 2.64 bits per heavy atom. The second kappa shape index (κ2) is 8.33. The van der Waals surface area contributed by atoms with Crippen molar-refractivity contribution in [3.63, 3.8) is 0 Å². The van der Waals surface area contributed by atoms with Crippen LogP contribution in [-0.4, -0.2) is 6.61 Å². The topological polar surface area (TPSA) is 9.23 Å². The third-order valence-corrected chi connectivity index (χ3v) is 5.98. The molecule has 1 saturated carbocycles. The maximum Gasteiger partial charge on any atom is 0.201 e. The van der Waals surface area contributed by atoms with E-state index in [2.05, 4.69) is 13.0 Å². The van der Waals surface area contributed by atoms with Gasteiger partial charge in [-0.05, 0) is 61.1 Å². The summed E-state index contributed by atoms with van der Waals surface area (Å²) in [7, 11) is 0. The second-order valence-electron chi connectivity index (χ2n) is 7.59. The summed E-state index contributed by atoms with van der Waals surface area (Å²) < 4.78 is 34.3. The fourth-order valence-electron chi connectivity index (χ4n) is 4.71. The first-order valence-electron chi connectivity index (χ1n) is 9.98. The number of hydrogen-bond acceptors (Lipinski definition) is 1. The van der Waals surface area contributed by atoms with Crippen LogP contribution in [-0.2, 0) is 0 Å². The highest BCUT2D eigenvalue weighted by molar-refractivity contribution is 5.71. The molecule has 0 spiro atoms. The average Bonchev–Trinajstić information content (AvgIpc) is 3.20. The number of unbranched alkanes of at least 4 members (excludes halogenated alkanes) is 2. The van der Waals surface area contributed by atoms with E-state index in [1.165, 1.54) is 32.1 Å². The van der Waals surface area contributed by atoms with Crippen molar-refractivity contribution < 1.29 is 13.5 Å². The summed E-state index contributed by atoms with van der Waals surface area (Å²) in [6, 6.07) is 3.30. The molecule has 2 aliphatic carbocycles. The summed E-state index contributed by atoms with van der Waals surface area (Å²) in [5, 5.41) is 0. The molecule has 0 N–H and O–H groups in total. The van der Waals surface area contributed by atoms with Gasteiger partial charge in [0.15, 0.2) is 11.6 Å². The molecule has 3 rings (SSSR count). The van der Waals surface area contributed by atoms with Crippen LogP contribution in [0.1, 0.15) is 70.8 Å². The number of hydrogen-bond donors (Lipinski definition) is 0. The number of halogens is 2. The van der Waals surface area contributed by atoms with Crippen molar-refractivity contribution in [1.82, 2.24) is 0 Å². The minimum absolute atomic E-state index is 0.0297. The van der Waals surface area contributed by atoms with E-state index in [9.17, 15) is 8.78 Å². The van der Waals surface area contributed by atoms with E-state index in [0.717, 1.165) is 30.8 Å². The van der Waals surface area contributed by atoms with Gasteiger partial charge in [0.1, 0.15) is 0 Å². The molecule has 1 fully saturated rings. The zero-order valence-electron chi connectivity index (χ0n) is 15.5. The van der Waals surface area contributed by atoms with Gasteiger partial charge >= 0.3 is 0 Å². The van der Waals surface area contributed by atoms with Crippen LogP contribution < -0.4 is 4.74 Å². The van der Waals surface area contributed by atoms with Crippen molar-refractivity contribution in [1.29, 1.82) is 0 Å². The van der Waals surface area contributed by atoms with Gasteiger partial charge in [-0.3, -0.25) is 0 Å². The van der Waals surface area contributed by atoms with Gasteiger partial charge < -0.3 is 4.74 Å². The first-order valence-corrected chi connectivity index (χ1v) is 9.98. The van der Waals surface area contributed by atoms with E-state index >= 15 is 0 Å². The zero-order chi connectivity index (χ0) is 17.8. The number of benzene rings is 1. The van der Waals surface area contributed by atoms with Crippen LogP contribution >= 0.6 is 0 Å². The lowest BCUT2D eigenvalue weighted by atomic mass is 9.84. The highest BCUT2D eigenvalue weighted by atomic mass is 19.2. The molecule has 0 amide bonds. The molecule has 3 unspecified atom stereocenters. The van der Waals surface area contributed by atoms with E-state index in [0.29, 0.717) is 24.0 Å². The molecule has 25 heavy (non-hydrogen) atoms. The van der Waals surface area contributed by atoms with Gasteiger partial charge in [0, 0.05) is 5.56 Å². The zero-order valence-corrected chi connectivity index (χ0v) is 15.5. The van der Waals surface area contributed by atoms with Crippen LogP contribution in [0.25, 0.3) is 5.57 Å². The van der Waals surface area contributed by atoms with Gasteiger partial charge in [-0.1, -0.05) is 45.6 Å². The molecule has 2 aliphatic rings. The maximum absolute atomic E-state index is 14.6. The highest BCUT2D eigenvalue weighted by Crippen LogP contribution is 2.52. The van der Waals surface area contributed by atoms with Crippen molar-refractivity contribution >= 4 is 5.57 Å². The van der Waals surface area contributed by atoms with E-state index in [4.69, 9.17) is 4.74 Å². The molecule has 1 aromatic carbocycles. The lowest BCUT2D eigenvalue weighted by molar-refractivity contribution is 0.295. The molecule has 0 aliphatic heterocycles. The Morgan fingerprint density at radius 2 is 1.88 bits per heavy atom. The lowest BCUT2D eigenvalue weighted by Gasteiger charge is -2.20. The SMILES string of the molecule is CCCCCC1CCC2C(c3ccc(OCCC)c(F)c3F)=CCC12. The largest absolute Gasteiger partial charge is 0.490 e. The van der Waals surface area contributed by atoms with Crippen molar-refractivity contribution in [2.24, 2.45) is 17.8 Å². The molecule has 0 heterocycles. The van der Waals surface area contributed by atoms with E-state index < -0.39 is 11.6 Å². The Hall–Kier alpha value is -1.38. The van der Waals surface area contributed by atoms with Crippen molar-refractivity contribution in [3.05, 3.63) is 35.4 Å². The van der Waals surface area contributed by atoms with Crippen LogP contribution in [0.4, 0.5) is 8.78 Å². The number of fused-ring (bicyclic) bond motifs is 1. The van der Waals surface area contributed by atoms with Gasteiger partial charge in [0.05, 0.1) is 6.61 Å². The van der Waals surface area contributed by atoms with Gasteiger partial charge in [-0.25, -0.2) is 4.39 Å². The molecule has 1 nitrogen and oxygen atoms in total. The van der Waals surface area contributed by atoms with Gasteiger partial charge in [-0.15, -0.1) is 0 Å². The van der Waals surface area contributed by atoms with Crippen LogP contribution in [0.15, 0.2) is 18.2 Å². The standard InChI is InChI=1S/C22H30F2O/c1-3-5-6-7-15-8-9-17-16(15)10-11-18(17)19-12-13-20(25-14-4-2)22(24)21(19)23/h11-13,15-17H,3-10,14H2,1-2H3. The summed E-state index contributed by atoms with van der Waals surface area (Å²) in [5.74, 6) is 0.239. The Morgan fingerprint density at radius 1 is 1.04 bits per heavy atom. The summed E-state index contributed by atoms with van der Waals surface area (Å²) in [5.41, 5.74) is 1.48. The summed E-state index contributed by atoms with van der Waals surface area (Å²) >= 11 is 0. The fourth-order valence-corrected chi connectivity index (χ4v) is 4.71. The smallest absolute Gasteiger partial charge is 0.201 e. The highest BCUT2D eigenvalue weighted by Gasteiger charge is 2.41. The molecule has 0 aromatic heterocycles. The average molecular weight is 348 g/mol. The van der Waals surface area contributed by atoms with E-state index in [1.54, 1.807) is 12.1 Å². The monoisotopic (exact) mass is 348 g/mol. The molecule has 3 atom stereocenters. The Labute approximate surface area is 150 Å². The quantitative estimate of drug-likeness (QED) is 0.471. The predicted molar refractivity (Wildman–Crippen MR) is 98.6 cm³/mol. The molecule has 0 saturated heterocycles. The Balaban J connectivity index is 1.72. The molecule has 3 heteroatoms. The van der Waals surface area contributed by atoms with Crippen molar-refractivity contribution in [2.45, 2.75) is 65.2 Å². The second-order valence-corrected chi connectivity index (χ2v) is 7.59. The summed E-state index contributed by atoms with van der Waals surface area (Å²) in [6.45, 7) is 4.59. The predicted octanol–water partition coefficient (Wildman–Crippen LogP) is 6.76. The van der Waals surface area contributed by atoms with E-state index in [1.807, 2.05) is 6.92 Å². The fraction of sp³-hybridized carbons (Fsp3) is 0.636. The van der Waals surface area contributed by atoms with Crippen molar-refractivity contribution in [2.75, 3.05) is 6.61 Å². The molecular formula is C22H30F2O. The van der Waals surface area contributed by atoms with Crippen molar-refractivity contribution in [3.8, 4) is 5.75 Å². The minimum atomic E-state index is -0.840. The van der Waals surface area contributed by atoms with Crippen LogP contribution in [0.2, 0.25) is 0 Å².